The molecule has 3 aliphatic heterocycles. The summed E-state index contributed by atoms with van der Waals surface area (Å²) in [6.45, 7) is -8.16. The number of piperidine rings is 3. The first-order valence-electron chi connectivity index (χ1n) is 22.7. The minimum Gasteiger partial charge on any atom is -0.394 e. The molecular formula is C39H68N12O25. The lowest BCUT2D eigenvalue weighted by Gasteiger charge is -2.48. The number of rotatable bonds is 20. The van der Waals surface area contributed by atoms with Crippen molar-refractivity contribution < 1.29 is 125 Å². The molecule has 3 fully saturated rings. The number of amides is 3. The van der Waals surface area contributed by atoms with Crippen molar-refractivity contribution in [1.29, 1.82) is 0 Å². The summed E-state index contributed by atoms with van der Waals surface area (Å²) in [6.07, 6.45) is -20.1. The van der Waals surface area contributed by atoms with Crippen LogP contribution in [0.1, 0.15) is 12.8 Å². The fraction of sp³-hybridized carbons (Fsp3) is 0.769. The lowest BCUT2D eigenvalue weighted by Crippen LogP contribution is -2.70. The van der Waals surface area contributed by atoms with Crippen LogP contribution in [-0.4, -0.2) is 342 Å². The van der Waals surface area contributed by atoms with Gasteiger partial charge in [-0.25, -0.2) is 14.4 Å². The number of hydrogen-bond donors (Lipinski definition) is 19. The molecule has 3 saturated heterocycles. The molecule has 15 atom stereocenters. The van der Waals surface area contributed by atoms with E-state index in [9.17, 15) is 110 Å². The van der Waals surface area contributed by atoms with Crippen molar-refractivity contribution in [1.82, 2.24) is 29.4 Å². The number of oxime groups is 3. The highest BCUT2D eigenvalue weighted by Gasteiger charge is 2.52. The maximum absolute atomic E-state index is 13.5. The molecule has 0 spiro atoms. The second-order valence-corrected chi connectivity index (χ2v) is 17.9. The maximum Gasteiger partial charge on any atom is 0.367 e. The minimum atomic E-state index is -3.41. The molecule has 0 bridgehead atoms. The zero-order chi connectivity index (χ0) is 57.8. The quantitative estimate of drug-likeness (QED) is 0.0233. The molecule has 37 nitrogen and oxygen atoms in total. The Balaban J connectivity index is 1.85. The number of aliphatic hydroxyl groups is 16. The van der Waals surface area contributed by atoms with Gasteiger partial charge in [-0.1, -0.05) is 0 Å². The molecule has 0 saturated carbocycles. The largest absolute Gasteiger partial charge is 0.394 e. The molecule has 3 aliphatic rings. The predicted molar refractivity (Wildman–Crippen MR) is 245 cm³/mol. The molecule has 0 aromatic carbocycles. The van der Waals surface area contributed by atoms with E-state index in [1.165, 1.54) is 0 Å². The monoisotopic (exact) mass is 1100 g/mol. The first-order valence-corrected chi connectivity index (χ1v) is 22.7. The first kappa shape index (κ1) is 64.3. The van der Waals surface area contributed by atoms with E-state index in [1.807, 2.05) is 0 Å². The summed E-state index contributed by atoms with van der Waals surface area (Å²) >= 11 is 0. The summed E-state index contributed by atoms with van der Waals surface area (Å²) in [5, 5.41) is 173. The van der Waals surface area contributed by atoms with E-state index in [0.29, 0.717) is 14.7 Å². The molecule has 0 aromatic heterocycles. The van der Waals surface area contributed by atoms with E-state index >= 15 is 0 Å². The van der Waals surface area contributed by atoms with Gasteiger partial charge in [-0.05, 0) is 15.5 Å². The van der Waals surface area contributed by atoms with Gasteiger partial charge in [0, 0.05) is 21.1 Å². The van der Waals surface area contributed by atoms with Crippen molar-refractivity contribution in [3.8, 4) is 0 Å². The third kappa shape index (κ3) is 14.5. The Hall–Kier alpha value is -6.01. The normalized spacial score (nSPS) is 31.2. The average Bonchev–Trinajstić information content (AvgIpc) is 3.38. The summed E-state index contributed by atoms with van der Waals surface area (Å²) < 4.78 is 0. The van der Waals surface area contributed by atoms with E-state index in [4.69, 9.17) is 22.0 Å². The van der Waals surface area contributed by atoms with Gasteiger partial charge in [-0.15, -0.1) is 0 Å². The lowest BCUT2D eigenvalue weighted by atomic mass is 9.88. The molecule has 0 aliphatic carbocycles. The number of carbonyl (C=O) groups is 6. The molecule has 3 unspecified atom stereocenters. The van der Waals surface area contributed by atoms with Gasteiger partial charge in [0.05, 0.1) is 108 Å². The van der Waals surface area contributed by atoms with Gasteiger partial charge in [0.25, 0.3) is 0 Å². The minimum absolute atomic E-state index is 0.677. The summed E-state index contributed by atoms with van der Waals surface area (Å²) in [5.41, 5.74) is 14.1. The van der Waals surface area contributed by atoms with Crippen molar-refractivity contribution in [3.63, 3.8) is 0 Å². The number of likely N-dealkylation sites (tertiary alicyclic amines) is 3. The molecule has 3 heterocycles. The number of guanidine groups is 3. The van der Waals surface area contributed by atoms with Crippen LogP contribution in [0.3, 0.4) is 0 Å². The van der Waals surface area contributed by atoms with Gasteiger partial charge < -0.3 is 143 Å². The zero-order valence-electron chi connectivity index (χ0n) is 41.0. The predicted octanol–water partition coefficient (Wildman–Crippen LogP) is -15.4. The van der Waals surface area contributed by atoms with Crippen LogP contribution >= 0.6 is 0 Å². The van der Waals surface area contributed by atoms with Crippen molar-refractivity contribution >= 4 is 53.5 Å². The molecule has 3 rings (SSSR count). The van der Waals surface area contributed by atoms with Crippen LogP contribution in [0.5, 0.6) is 0 Å². The first-order chi connectivity index (χ1) is 35.5. The second kappa shape index (κ2) is 27.9. The SMILES string of the molecule is CN(CC(=O)N1[C@H](CO)[C@H](O)C(O)[C@H](O)[C@H]1CO)C(N)=NOC(=O)CC(O)(CC(=O)ON=C(N)N(C)CC(=O)N1[C@H](CO)[C@H](O)C(O)[C@H](O)[C@H]1CO)C(=O)ON=C(N)N(C)CC(=O)N1[C@H](CO)[C@H](O)C(O)[C@H](O)[C@H]1CO. The van der Waals surface area contributed by atoms with Crippen LogP contribution in [0.4, 0.5) is 0 Å². The van der Waals surface area contributed by atoms with Gasteiger partial charge in [-0.3, -0.25) is 14.4 Å². The lowest BCUT2D eigenvalue weighted by molar-refractivity contribution is -0.188. The van der Waals surface area contributed by atoms with Gasteiger partial charge in [0.2, 0.25) is 35.6 Å². The number of nitrogens with zero attached hydrogens (tertiary/aromatic N) is 9. The highest BCUT2D eigenvalue weighted by Crippen LogP contribution is 2.28. The molecule has 0 radical (unpaired) electrons. The van der Waals surface area contributed by atoms with Crippen LogP contribution < -0.4 is 17.2 Å². The van der Waals surface area contributed by atoms with E-state index in [1.54, 1.807) is 0 Å². The number of nitrogens with two attached hydrogens (primary N) is 3. The molecule has 22 N–H and O–H groups in total. The number of hydrogen-bond acceptors (Lipinski definition) is 28. The Bertz CT molecular complexity index is 1970. The van der Waals surface area contributed by atoms with Crippen molar-refractivity contribution in [2.75, 3.05) is 80.4 Å². The van der Waals surface area contributed by atoms with Crippen LogP contribution in [0.15, 0.2) is 15.5 Å². The molecule has 434 valence electrons. The Labute approximate surface area is 430 Å². The summed E-state index contributed by atoms with van der Waals surface area (Å²) in [5.74, 6) is -10.9. The Morgan fingerprint density at radius 3 is 0.842 bits per heavy atom. The van der Waals surface area contributed by atoms with Crippen molar-refractivity contribution in [2.24, 2.45) is 32.7 Å². The Morgan fingerprint density at radius 1 is 0.421 bits per heavy atom. The highest BCUT2D eigenvalue weighted by atomic mass is 16.7. The third-order valence-corrected chi connectivity index (χ3v) is 12.8. The summed E-state index contributed by atoms with van der Waals surface area (Å²) in [7, 11) is 3.26. The molecule has 3 amide bonds. The molecule has 76 heavy (non-hydrogen) atoms. The fourth-order valence-electron chi connectivity index (χ4n) is 8.41. The van der Waals surface area contributed by atoms with Crippen molar-refractivity contribution in [3.05, 3.63) is 0 Å². The van der Waals surface area contributed by atoms with Gasteiger partial charge in [-0.2, -0.15) is 0 Å². The summed E-state index contributed by atoms with van der Waals surface area (Å²) in [4.78, 5) is 98.2. The van der Waals surface area contributed by atoms with Crippen LogP contribution in [0.2, 0.25) is 0 Å². The van der Waals surface area contributed by atoms with E-state index in [2.05, 4.69) is 25.1 Å². The smallest absolute Gasteiger partial charge is 0.367 e. The van der Waals surface area contributed by atoms with E-state index in [0.717, 1.165) is 35.8 Å². The topological polar surface area (TPSA) is 588 Å². The van der Waals surface area contributed by atoms with Crippen LogP contribution in [-0.2, 0) is 43.3 Å². The van der Waals surface area contributed by atoms with Crippen LogP contribution in [0, 0.1) is 0 Å². The van der Waals surface area contributed by atoms with E-state index in [-0.39, 0.29) is 0 Å². The van der Waals surface area contributed by atoms with Gasteiger partial charge in [0.1, 0.15) is 54.9 Å². The van der Waals surface area contributed by atoms with Crippen LogP contribution in [0.25, 0.3) is 0 Å². The third-order valence-electron chi connectivity index (χ3n) is 12.8. The number of likely N-dealkylation sites (N-methyl/N-ethyl adjacent to an activating group) is 3. The highest BCUT2D eigenvalue weighted by molar-refractivity contribution is 5.92. The zero-order valence-corrected chi connectivity index (χ0v) is 41.0. The van der Waals surface area contributed by atoms with E-state index < -0.39 is 222 Å². The van der Waals surface area contributed by atoms with Crippen molar-refractivity contribution in [2.45, 2.75) is 110 Å². The maximum atomic E-state index is 13.5. The summed E-state index contributed by atoms with van der Waals surface area (Å²) in [6, 6.07) is -9.21. The van der Waals surface area contributed by atoms with Gasteiger partial charge in [0.15, 0.2) is 5.60 Å². The number of aliphatic hydroxyl groups excluding tert-OH is 15. The second-order valence-electron chi connectivity index (χ2n) is 17.9. The number of carbonyl (C=O) groups excluding carboxylic acids is 6. The fourth-order valence-corrected chi connectivity index (χ4v) is 8.41. The Morgan fingerprint density at radius 2 is 0.632 bits per heavy atom. The average molecular weight is 1110 g/mol. The molecule has 0 aromatic rings. The standard InChI is InChI=1S/C39H68N12O25/c1-46(6-21(58)49-15(9-52)26(63)32(69)27(64)16(49)10-53)36(40)43-74-24(61)4-39(73,35(72)76-45-38(42)48(3)8-23(60)51-19(13-56)30(67)34(71)31(68)20(51)14-57)5-25(62)75-44-37(41)47(2)7-22(59)50-17(11-54)28(65)33(70)29(66)18(50)12-55/h15-20,26-34,52-57,63-71,73H,4-14H2,1-3H3,(H2,40,43)(H2,41,44)(H2,42,45)/t15-,16-,17-,18-,19-,20-,26-,27+,28-,29+,30-,31+,32?,33?,34?,39?/m1/s1. The molecular weight excluding hydrogens is 1040 g/mol. The van der Waals surface area contributed by atoms with Gasteiger partial charge >= 0.3 is 17.9 Å². The molecule has 37 heteroatoms. The Kier molecular flexibility index (Phi) is 23.6.